The van der Waals surface area contributed by atoms with Crippen molar-refractivity contribution in [3.63, 3.8) is 0 Å². The van der Waals surface area contributed by atoms with Gasteiger partial charge < -0.3 is 4.90 Å². The largest absolute Gasteiger partial charge is 0.304 e. The molecule has 0 radical (unpaired) electrons. The third-order valence-electron chi connectivity index (χ3n) is 2.86. The second kappa shape index (κ2) is 4.38. The van der Waals surface area contributed by atoms with Crippen LogP contribution in [0.4, 0.5) is 5.69 Å². The maximum atomic E-state index is 11.8. The first-order valence-corrected chi connectivity index (χ1v) is 5.49. The Kier molecular flexibility index (Phi) is 2.92. The number of fused-ring (bicyclic) bond motifs is 1. The molecule has 0 unspecified atom stereocenters. The van der Waals surface area contributed by atoms with Gasteiger partial charge in [-0.25, -0.2) is 0 Å². The van der Waals surface area contributed by atoms with Crippen LogP contribution in [0.25, 0.3) is 0 Å². The molecule has 1 aliphatic rings. The molecule has 1 aliphatic heterocycles. The Morgan fingerprint density at radius 2 is 2.12 bits per heavy atom. The van der Waals surface area contributed by atoms with E-state index in [1.54, 1.807) is 12.1 Å². The monoisotopic (exact) mass is 228 g/mol. The third-order valence-corrected chi connectivity index (χ3v) is 2.86. The molecule has 2 rings (SSSR count). The average Bonchev–Trinajstić information content (AvgIpc) is 2.56. The van der Waals surface area contributed by atoms with Crippen molar-refractivity contribution in [2.45, 2.75) is 19.8 Å². The van der Waals surface area contributed by atoms with Gasteiger partial charge in [0.25, 0.3) is 11.7 Å². The van der Waals surface area contributed by atoms with E-state index in [2.05, 4.69) is 0 Å². The number of hydrogen-bond donors (Lipinski definition) is 0. The van der Waals surface area contributed by atoms with Crippen LogP contribution in [0.5, 0.6) is 0 Å². The summed E-state index contributed by atoms with van der Waals surface area (Å²) in [5, 5.41) is 8.49. The molecular weight excluding hydrogens is 216 g/mol. The molecule has 1 heterocycles. The van der Waals surface area contributed by atoms with Crippen molar-refractivity contribution < 1.29 is 9.59 Å². The SMILES string of the molecule is Cc1cccc2c1N(CCCC#N)C(=O)C2=O. The predicted octanol–water partition coefficient (Wildman–Crippen LogP) is 1.83. The Morgan fingerprint density at radius 1 is 1.35 bits per heavy atom. The highest BCUT2D eigenvalue weighted by molar-refractivity contribution is 6.52. The van der Waals surface area contributed by atoms with E-state index in [-0.39, 0.29) is 0 Å². The zero-order valence-corrected chi connectivity index (χ0v) is 9.56. The molecule has 4 heteroatoms. The van der Waals surface area contributed by atoms with Crippen molar-refractivity contribution in [3.05, 3.63) is 29.3 Å². The maximum absolute atomic E-state index is 11.8. The first-order valence-electron chi connectivity index (χ1n) is 5.49. The highest BCUT2D eigenvalue weighted by Crippen LogP contribution is 2.32. The van der Waals surface area contributed by atoms with Gasteiger partial charge in [-0.2, -0.15) is 5.26 Å². The Bertz CT molecular complexity index is 529. The number of carbonyl (C=O) groups is 2. The van der Waals surface area contributed by atoms with Gasteiger partial charge in [0.2, 0.25) is 0 Å². The zero-order chi connectivity index (χ0) is 12.4. The summed E-state index contributed by atoms with van der Waals surface area (Å²) >= 11 is 0. The number of Topliss-reactive ketones (excluding diaryl/α,β-unsaturated/α-hetero) is 1. The number of ketones is 1. The fourth-order valence-corrected chi connectivity index (χ4v) is 2.07. The summed E-state index contributed by atoms with van der Waals surface area (Å²) in [4.78, 5) is 25.0. The molecule has 17 heavy (non-hydrogen) atoms. The number of nitrogens with zero attached hydrogens (tertiary/aromatic N) is 2. The molecule has 4 nitrogen and oxygen atoms in total. The van der Waals surface area contributed by atoms with Crippen LogP contribution >= 0.6 is 0 Å². The van der Waals surface area contributed by atoms with Crippen LogP contribution < -0.4 is 4.90 Å². The van der Waals surface area contributed by atoms with Crippen LogP contribution in [0.3, 0.4) is 0 Å². The lowest BCUT2D eigenvalue weighted by Gasteiger charge is -2.17. The molecule has 0 saturated heterocycles. The van der Waals surface area contributed by atoms with E-state index >= 15 is 0 Å². The van der Waals surface area contributed by atoms with E-state index < -0.39 is 11.7 Å². The summed E-state index contributed by atoms with van der Waals surface area (Å²) in [5.41, 5.74) is 2.10. The van der Waals surface area contributed by atoms with Gasteiger partial charge in [-0.3, -0.25) is 9.59 Å². The minimum atomic E-state index is -0.479. The molecule has 0 bridgehead atoms. The molecule has 0 aliphatic carbocycles. The Balaban J connectivity index is 2.34. The number of unbranched alkanes of at least 4 members (excludes halogenated alkanes) is 1. The Morgan fingerprint density at radius 3 is 2.82 bits per heavy atom. The number of benzene rings is 1. The summed E-state index contributed by atoms with van der Waals surface area (Å²) in [5.74, 6) is -0.923. The van der Waals surface area contributed by atoms with Crippen LogP contribution in [-0.2, 0) is 4.79 Å². The van der Waals surface area contributed by atoms with Crippen LogP contribution in [0, 0.1) is 18.3 Å². The van der Waals surface area contributed by atoms with Gasteiger partial charge in [0.15, 0.2) is 0 Å². The number of amides is 1. The van der Waals surface area contributed by atoms with Crippen molar-refractivity contribution in [1.29, 1.82) is 5.26 Å². The van der Waals surface area contributed by atoms with Crippen molar-refractivity contribution in [2.75, 3.05) is 11.4 Å². The topological polar surface area (TPSA) is 61.2 Å². The Labute approximate surface area is 99.5 Å². The molecule has 0 spiro atoms. The van der Waals surface area contributed by atoms with Gasteiger partial charge in [0.05, 0.1) is 17.3 Å². The summed E-state index contributed by atoms with van der Waals surface area (Å²) in [7, 11) is 0. The number of anilines is 1. The van der Waals surface area contributed by atoms with Gasteiger partial charge >= 0.3 is 0 Å². The fraction of sp³-hybridized carbons (Fsp3) is 0.308. The first-order chi connectivity index (χ1) is 8.16. The molecular formula is C13H12N2O2. The van der Waals surface area contributed by atoms with Crippen LogP contribution in [0.2, 0.25) is 0 Å². The second-order valence-corrected chi connectivity index (χ2v) is 4.02. The number of carbonyl (C=O) groups excluding carboxylic acids is 2. The van der Waals surface area contributed by atoms with E-state index in [0.717, 1.165) is 5.56 Å². The van der Waals surface area contributed by atoms with Gasteiger partial charge in [0, 0.05) is 13.0 Å². The fourth-order valence-electron chi connectivity index (χ4n) is 2.07. The maximum Gasteiger partial charge on any atom is 0.299 e. The zero-order valence-electron chi connectivity index (χ0n) is 9.56. The van der Waals surface area contributed by atoms with E-state index in [9.17, 15) is 9.59 Å². The van der Waals surface area contributed by atoms with E-state index in [4.69, 9.17) is 5.26 Å². The molecule has 1 aromatic rings. The van der Waals surface area contributed by atoms with E-state index in [1.807, 2.05) is 19.1 Å². The van der Waals surface area contributed by atoms with E-state index in [1.165, 1.54) is 4.90 Å². The van der Waals surface area contributed by atoms with Crippen molar-refractivity contribution in [2.24, 2.45) is 0 Å². The molecule has 0 fully saturated rings. The standard InChI is InChI=1S/C13H12N2O2/c1-9-5-4-6-10-11(9)15(8-3-2-7-14)13(17)12(10)16/h4-6H,2-3,8H2,1H3. The van der Waals surface area contributed by atoms with Crippen LogP contribution in [0.15, 0.2) is 18.2 Å². The number of aryl methyl sites for hydroxylation is 1. The Hall–Kier alpha value is -2.15. The number of para-hydroxylation sites is 1. The number of nitriles is 1. The lowest BCUT2D eigenvalue weighted by molar-refractivity contribution is -0.114. The molecule has 1 aromatic carbocycles. The molecule has 0 atom stereocenters. The van der Waals surface area contributed by atoms with Gasteiger partial charge in [-0.15, -0.1) is 0 Å². The normalized spacial score (nSPS) is 13.8. The van der Waals surface area contributed by atoms with Gasteiger partial charge in [-0.05, 0) is 25.0 Å². The summed E-state index contributed by atoms with van der Waals surface area (Å²) in [6.45, 7) is 2.30. The smallest absolute Gasteiger partial charge is 0.299 e. The van der Waals surface area contributed by atoms with E-state index in [0.29, 0.717) is 30.6 Å². The first kappa shape index (κ1) is 11.3. The molecule has 1 amide bonds. The van der Waals surface area contributed by atoms with Crippen molar-refractivity contribution in [1.82, 2.24) is 0 Å². The molecule has 86 valence electrons. The summed E-state index contributed by atoms with van der Waals surface area (Å²) in [6, 6.07) is 7.36. The molecule has 0 saturated carbocycles. The summed E-state index contributed by atoms with van der Waals surface area (Å²) < 4.78 is 0. The van der Waals surface area contributed by atoms with Crippen LogP contribution in [0.1, 0.15) is 28.8 Å². The minimum Gasteiger partial charge on any atom is -0.304 e. The van der Waals surface area contributed by atoms with Gasteiger partial charge in [0.1, 0.15) is 0 Å². The lowest BCUT2D eigenvalue weighted by atomic mass is 10.1. The second-order valence-electron chi connectivity index (χ2n) is 4.02. The van der Waals surface area contributed by atoms with Crippen LogP contribution in [-0.4, -0.2) is 18.2 Å². The van der Waals surface area contributed by atoms with Crippen molar-refractivity contribution >= 4 is 17.4 Å². The average molecular weight is 228 g/mol. The highest BCUT2D eigenvalue weighted by Gasteiger charge is 2.36. The number of rotatable bonds is 3. The highest BCUT2D eigenvalue weighted by atomic mass is 16.2. The number of hydrogen-bond acceptors (Lipinski definition) is 3. The predicted molar refractivity (Wildman–Crippen MR) is 62.7 cm³/mol. The lowest BCUT2D eigenvalue weighted by Crippen LogP contribution is -2.30. The summed E-state index contributed by atoms with van der Waals surface area (Å²) in [6.07, 6.45) is 0.975. The van der Waals surface area contributed by atoms with Crippen molar-refractivity contribution in [3.8, 4) is 6.07 Å². The third kappa shape index (κ3) is 1.80. The quantitative estimate of drug-likeness (QED) is 0.585. The minimum absolute atomic E-state index is 0.388. The van der Waals surface area contributed by atoms with Gasteiger partial charge in [-0.1, -0.05) is 12.1 Å². The molecule has 0 aromatic heterocycles. The molecule has 0 N–H and O–H groups in total.